The summed E-state index contributed by atoms with van der Waals surface area (Å²) in [6.07, 6.45) is -1.79. The van der Waals surface area contributed by atoms with Gasteiger partial charge in [0.1, 0.15) is 5.82 Å². The third kappa shape index (κ3) is 7.13. The lowest BCUT2D eigenvalue weighted by atomic mass is 10.0. The Hall–Kier alpha value is -2.41. The van der Waals surface area contributed by atoms with E-state index in [1.807, 2.05) is 12.1 Å². The van der Waals surface area contributed by atoms with Crippen LogP contribution in [0.25, 0.3) is 0 Å². The Balaban J connectivity index is 1.20. The zero-order chi connectivity index (χ0) is 26.6. The molecule has 1 atom stereocenters. The van der Waals surface area contributed by atoms with Crippen LogP contribution in [0.2, 0.25) is 0 Å². The van der Waals surface area contributed by atoms with Gasteiger partial charge in [-0.1, -0.05) is 28.7 Å². The maximum absolute atomic E-state index is 13.8. The Morgan fingerprint density at radius 1 is 1.03 bits per heavy atom. The summed E-state index contributed by atoms with van der Waals surface area (Å²) in [6.45, 7) is 3.04. The smallest absolute Gasteiger partial charge is 0.371 e. The number of anilines is 1. The molecule has 2 amide bonds. The van der Waals surface area contributed by atoms with Crippen LogP contribution in [0.3, 0.4) is 0 Å². The summed E-state index contributed by atoms with van der Waals surface area (Å²) in [5.74, 6) is -1.27. The first kappa shape index (κ1) is 27.6. The van der Waals surface area contributed by atoms with Crippen LogP contribution >= 0.6 is 22.6 Å². The van der Waals surface area contributed by atoms with Gasteiger partial charge < -0.3 is 15.5 Å². The van der Waals surface area contributed by atoms with E-state index in [-0.39, 0.29) is 29.9 Å². The van der Waals surface area contributed by atoms with Gasteiger partial charge in [0.2, 0.25) is 5.91 Å². The topological polar surface area (TPSA) is 64.7 Å². The van der Waals surface area contributed by atoms with Gasteiger partial charge in [-0.3, -0.25) is 14.5 Å². The summed E-state index contributed by atoms with van der Waals surface area (Å²) in [5.41, 5.74) is 0.700. The number of likely N-dealkylation sites (tertiary alicyclic amines) is 1. The van der Waals surface area contributed by atoms with E-state index in [9.17, 15) is 27.2 Å². The monoisotopic (exact) mass is 632 g/mol. The van der Waals surface area contributed by atoms with Crippen LogP contribution in [0, 0.1) is 5.82 Å². The van der Waals surface area contributed by atoms with E-state index in [0.29, 0.717) is 22.6 Å². The largest absolute Gasteiger partial charge is 0.416 e. The van der Waals surface area contributed by atoms with Gasteiger partial charge in [0.25, 0.3) is 5.91 Å². The van der Waals surface area contributed by atoms with Crippen LogP contribution in [0.15, 0.2) is 42.5 Å². The standard InChI is InChI=1S/C26H29F4IN4O2/c27-23-5-4-22(13-18(23)14-31)34-10-7-21(8-11-34)35-9-6-20(16-35)33-24(36)15-32-25(37)17-2-1-3-19(12-17)26(28,29)30/h1-5,12-13,20-21H,6-11,14-16H2,(H,32,37)(H,33,36)/t20-/m1/s1. The summed E-state index contributed by atoms with van der Waals surface area (Å²) in [6, 6.07) is 9.76. The lowest BCUT2D eigenvalue weighted by Gasteiger charge is -2.38. The zero-order valence-electron chi connectivity index (χ0n) is 20.2. The fraction of sp³-hybridized carbons (Fsp3) is 0.462. The minimum Gasteiger partial charge on any atom is -0.371 e. The van der Waals surface area contributed by atoms with Crippen LogP contribution in [0.1, 0.15) is 40.7 Å². The number of carbonyl (C=O) groups excluding carboxylic acids is 2. The molecule has 37 heavy (non-hydrogen) atoms. The molecule has 2 aromatic carbocycles. The molecule has 0 aromatic heterocycles. The van der Waals surface area contributed by atoms with Crippen LogP contribution < -0.4 is 15.5 Å². The highest BCUT2D eigenvalue weighted by Crippen LogP contribution is 2.30. The van der Waals surface area contributed by atoms with Gasteiger partial charge in [0.05, 0.1) is 12.1 Å². The van der Waals surface area contributed by atoms with Crippen molar-refractivity contribution in [2.75, 3.05) is 37.6 Å². The minimum absolute atomic E-state index is 0.0423. The van der Waals surface area contributed by atoms with E-state index in [4.69, 9.17) is 0 Å². The molecule has 0 spiro atoms. The number of carbonyl (C=O) groups is 2. The van der Waals surface area contributed by atoms with Crippen molar-refractivity contribution < 1.29 is 27.2 Å². The Morgan fingerprint density at radius 2 is 1.78 bits per heavy atom. The predicted octanol–water partition coefficient (Wildman–Crippen LogP) is 4.37. The summed E-state index contributed by atoms with van der Waals surface area (Å²) in [4.78, 5) is 29.2. The number of amides is 2. The van der Waals surface area contributed by atoms with Gasteiger partial charge in [-0.05, 0) is 61.2 Å². The van der Waals surface area contributed by atoms with E-state index in [0.717, 1.165) is 62.8 Å². The van der Waals surface area contributed by atoms with Crippen LogP contribution in [0.4, 0.5) is 23.2 Å². The average Bonchev–Trinajstić information content (AvgIpc) is 3.35. The molecule has 2 aliphatic heterocycles. The molecule has 2 fully saturated rings. The second-order valence-corrected chi connectivity index (χ2v) is 10.2. The molecule has 2 aromatic rings. The summed E-state index contributed by atoms with van der Waals surface area (Å²) in [7, 11) is 0. The molecule has 0 saturated carbocycles. The number of hydrogen-bond acceptors (Lipinski definition) is 4. The van der Waals surface area contributed by atoms with E-state index >= 15 is 0 Å². The van der Waals surface area contributed by atoms with Gasteiger partial charge in [0.15, 0.2) is 0 Å². The van der Waals surface area contributed by atoms with Gasteiger partial charge in [-0.25, -0.2) is 4.39 Å². The maximum Gasteiger partial charge on any atom is 0.416 e. The van der Waals surface area contributed by atoms with Crippen molar-refractivity contribution in [2.24, 2.45) is 0 Å². The fourth-order valence-electron chi connectivity index (χ4n) is 4.96. The average molecular weight is 632 g/mol. The summed E-state index contributed by atoms with van der Waals surface area (Å²) < 4.78 is 53.0. The molecule has 200 valence electrons. The first-order valence-electron chi connectivity index (χ1n) is 12.2. The quantitative estimate of drug-likeness (QED) is 0.271. The van der Waals surface area contributed by atoms with Crippen molar-refractivity contribution >= 4 is 40.1 Å². The molecule has 2 aliphatic rings. The number of piperidine rings is 1. The number of halogens is 5. The molecular weight excluding hydrogens is 603 g/mol. The van der Waals surface area contributed by atoms with Crippen LogP contribution in [-0.4, -0.2) is 61.5 Å². The van der Waals surface area contributed by atoms with E-state index in [1.54, 1.807) is 0 Å². The first-order chi connectivity index (χ1) is 17.6. The maximum atomic E-state index is 13.8. The van der Waals surface area contributed by atoms with Crippen molar-refractivity contribution in [3.05, 3.63) is 65.0 Å². The van der Waals surface area contributed by atoms with Crippen molar-refractivity contribution in [3.63, 3.8) is 0 Å². The minimum atomic E-state index is -4.54. The predicted molar refractivity (Wildman–Crippen MR) is 141 cm³/mol. The SMILES string of the molecule is O=C(CNC(=O)c1cccc(C(F)(F)F)c1)N[C@@H]1CCN(C2CCN(c3ccc(F)c(CI)c3)CC2)C1. The Morgan fingerprint density at radius 3 is 2.49 bits per heavy atom. The number of nitrogens with one attached hydrogen (secondary N) is 2. The lowest BCUT2D eigenvalue weighted by molar-refractivity contribution is -0.137. The number of rotatable bonds is 7. The van der Waals surface area contributed by atoms with Gasteiger partial charge in [-0.15, -0.1) is 0 Å². The van der Waals surface area contributed by atoms with E-state index < -0.39 is 17.6 Å². The van der Waals surface area contributed by atoms with Crippen molar-refractivity contribution in [1.82, 2.24) is 15.5 Å². The molecule has 2 heterocycles. The molecule has 0 unspecified atom stereocenters. The second kappa shape index (κ2) is 12.0. The third-order valence-electron chi connectivity index (χ3n) is 6.97. The molecule has 11 heteroatoms. The number of alkyl halides is 4. The molecule has 2 N–H and O–H groups in total. The molecule has 6 nitrogen and oxygen atoms in total. The molecule has 0 bridgehead atoms. The van der Waals surface area contributed by atoms with E-state index in [1.165, 1.54) is 12.1 Å². The van der Waals surface area contributed by atoms with Crippen molar-refractivity contribution in [1.29, 1.82) is 0 Å². The highest BCUT2D eigenvalue weighted by molar-refractivity contribution is 14.1. The highest BCUT2D eigenvalue weighted by Gasteiger charge is 2.32. The second-order valence-electron chi connectivity index (χ2n) is 9.44. The Bertz CT molecular complexity index is 1120. The number of benzene rings is 2. The molecule has 0 radical (unpaired) electrons. The van der Waals surface area contributed by atoms with E-state index in [2.05, 4.69) is 43.0 Å². The molecule has 0 aliphatic carbocycles. The fourth-order valence-corrected chi connectivity index (χ4v) is 5.55. The molecule has 2 saturated heterocycles. The number of hydrogen-bond donors (Lipinski definition) is 2. The Labute approximate surface area is 226 Å². The molecular formula is C26H29F4IN4O2. The first-order valence-corrected chi connectivity index (χ1v) is 13.7. The van der Waals surface area contributed by atoms with Crippen molar-refractivity contribution in [2.45, 2.75) is 41.9 Å². The highest BCUT2D eigenvalue weighted by atomic mass is 127. The van der Waals surface area contributed by atoms with Crippen molar-refractivity contribution in [3.8, 4) is 0 Å². The normalized spacial score (nSPS) is 19.2. The number of nitrogens with zero attached hydrogens (tertiary/aromatic N) is 2. The zero-order valence-corrected chi connectivity index (χ0v) is 22.3. The summed E-state index contributed by atoms with van der Waals surface area (Å²) >= 11 is 2.17. The van der Waals surface area contributed by atoms with Gasteiger partial charge >= 0.3 is 6.18 Å². The van der Waals surface area contributed by atoms with Gasteiger partial charge in [0, 0.05) is 53.9 Å². The summed E-state index contributed by atoms with van der Waals surface area (Å²) in [5, 5.41) is 5.32. The molecule has 4 rings (SSSR count). The van der Waals surface area contributed by atoms with Crippen LogP contribution in [0.5, 0.6) is 0 Å². The van der Waals surface area contributed by atoms with Crippen LogP contribution in [-0.2, 0) is 15.4 Å². The third-order valence-corrected chi connectivity index (χ3v) is 7.79. The lowest BCUT2D eigenvalue weighted by Crippen LogP contribution is -2.46. The van der Waals surface area contributed by atoms with Gasteiger partial charge in [-0.2, -0.15) is 13.2 Å². The Kier molecular flexibility index (Phi) is 8.94.